The number of ether oxygens (including phenoxy) is 2. The van der Waals surface area contributed by atoms with Crippen LogP contribution in [0.4, 0.5) is 16.2 Å². The van der Waals surface area contributed by atoms with Crippen LogP contribution >= 0.6 is 46.8 Å². The van der Waals surface area contributed by atoms with Crippen LogP contribution in [0.3, 0.4) is 0 Å². The van der Waals surface area contributed by atoms with E-state index < -0.39 is 9.89 Å². The Morgan fingerprint density at radius 1 is 1.02 bits per heavy atom. The minimum Gasteiger partial charge on any atom is -0.492 e. The molecule has 1 fully saturated rings. The molecule has 0 saturated carbocycles. The summed E-state index contributed by atoms with van der Waals surface area (Å²) in [5, 5.41) is 4.08. The maximum atomic E-state index is 13.7. The molecule has 2 heterocycles. The summed E-state index contributed by atoms with van der Waals surface area (Å²) in [6.07, 6.45) is 1.45. The van der Waals surface area contributed by atoms with E-state index in [-0.39, 0.29) is 17.9 Å². The number of carbonyl (C=O) groups excluding carboxylic acids is 2. The van der Waals surface area contributed by atoms with Crippen molar-refractivity contribution in [3.8, 4) is 5.75 Å². The summed E-state index contributed by atoms with van der Waals surface area (Å²) in [4.78, 5) is 29.9. The molecule has 1 aliphatic heterocycles. The highest BCUT2D eigenvalue weighted by Gasteiger charge is 2.28. The molecule has 2 N–H and O–H groups in total. The lowest BCUT2D eigenvalue weighted by Gasteiger charge is -2.34. The smallest absolute Gasteiger partial charge is 0.409 e. The maximum absolute atomic E-state index is 13.7. The molecule has 43 heavy (non-hydrogen) atoms. The van der Waals surface area contributed by atoms with Gasteiger partial charge in [-0.1, -0.05) is 85.7 Å². The predicted octanol–water partition coefficient (Wildman–Crippen LogP) is 7.05. The average Bonchev–Trinajstić information content (AvgIpc) is 3.28. The highest BCUT2D eigenvalue weighted by molar-refractivity contribution is 7.99. The monoisotopic (exact) mass is 669 g/mol. The summed E-state index contributed by atoms with van der Waals surface area (Å²) in [6, 6.07) is 12.0. The molecule has 0 aliphatic carbocycles. The summed E-state index contributed by atoms with van der Waals surface area (Å²) in [5.74, 6) is 0.344. The van der Waals surface area contributed by atoms with Gasteiger partial charge in [0.15, 0.2) is 5.75 Å². The third kappa shape index (κ3) is 8.16. The second-order valence-electron chi connectivity index (χ2n) is 11.5. The topological polar surface area (TPSA) is 88.1 Å². The maximum Gasteiger partial charge on any atom is 0.409 e. The van der Waals surface area contributed by atoms with E-state index in [1.807, 2.05) is 42.1 Å². The number of para-hydroxylation sites is 1. The first kappa shape index (κ1) is 33.4. The number of hydrogen-bond acceptors (Lipinski definition) is 7. The van der Waals surface area contributed by atoms with E-state index in [0.29, 0.717) is 49.9 Å². The number of amides is 2. The van der Waals surface area contributed by atoms with E-state index in [4.69, 9.17) is 44.3 Å². The molecule has 4 rings (SSSR count). The molecular formula is C30H38Cl3N5O4S. The highest BCUT2D eigenvalue weighted by Crippen LogP contribution is 2.40. The summed E-state index contributed by atoms with van der Waals surface area (Å²) < 4.78 is 14.4. The molecule has 2 aromatic carbocycles. The normalized spacial score (nSPS) is 14.6. The first-order chi connectivity index (χ1) is 20.2. The standard InChI is InChI=1S/C30H38Cl3N5O4S/c1-29(2,3)21-15-22(26(41-5)23(16-21)35-43-6)34-27(39)24-14-19-8-7-9-20(25(19)36(24)4)17-37-10-12-38(13-11-37)28(40)42-18-30(31,32)33/h7-9,14-16,35H,10-13,17-18H2,1-6H3,(H,34,39). The second kappa shape index (κ2) is 13.6. The molecule has 2 amide bonds. The molecule has 234 valence electrons. The van der Waals surface area contributed by atoms with Crippen molar-refractivity contribution in [2.75, 3.05) is 56.2 Å². The molecular weight excluding hydrogens is 633 g/mol. The molecule has 1 aliphatic rings. The first-order valence-corrected chi connectivity index (χ1v) is 16.2. The van der Waals surface area contributed by atoms with Gasteiger partial charge in [0.2, 0.25) is 3.79 Å². The van der Waals surface area contributed by atoms with Crippen LogP contribution in [-0.2, 0) is 23.7 Å². The van der Waals surface area contributed by atoms with Gasteiger partial charge in [0.05, 0.1) is 24.0 Å². The summed E-state index contributed by atoms with van der Waals surface area (Å²) in [6.45, 7) is 9.08. The van der Waals surface area contributed by atoms with E-state index in [1.54, 1.807) is 12.0 Å². The Kier molecular flexibility index (Phi) is 10.6. The van der Waals surface area contributed by atoms with Crippen molar-refractivity contribution in [3.63, 3.8) is 0 Å². The van der Waals surface area contributed by atoms with Crippen molar-refractivity contribution in [2.24, 2.45) is 7.05 Å². The number of halogens is 3. The number of nitrogens with zero attached hydrogens (tertiary/aromatic N) is 3. The molecule has 0 radical (unpaired) electrons. The van der Waals surface area contributed by atoms with Crippen molar-refractivity contribution in [2.45, 2.75) is 36.5 Å². The number of anilines is 2. The van der Waals surface area contributed by atoms with Gasteiger partial charge in [-0.2, -0.15) is 0 Å². The first-order valence-electron chi connectivity index (χ1n) is 13.8. The van der Waals surface area contributed by atoms with Crippen molar-refractivity contribution < 1.29 is 19.1 Å². The number of hydrogen-bond donors (Lipinski definition) is 2. The van der Waals surface area contributed by atoms with E-state index in [2.05, 4.69) is 47.8 Å². The van der Waals surface area contributed by atoms with Gasteiger partial charge in [0.25, 0.3) is 5.91 Å². The van der Waals surface area contributed by atoms with Crippen LogP contribution in [0.15, 0.2) is 36.4 Å². The Morgan fingerprint density at radius 3 is 2.30 bits per heavy atom. The van der Waals surface area contributed by atoms with Crippen LogP contribution in [0.1, 0.15) is 42.4 Å². The van der Waals surface area contributed by atoms with E-state index in [0.717, 1.165) is 27.7 Å². The van der Waals surface area contributed by atoms with E-state index >= 15 is 0 Å². The van der Waals surface area contributed by atoms with Crippen molar-refractivity contribution in [1.29, 1.82) is 0 Å². The van der Waals surface area contributed by atoms with Gasteiger partial charge in [0.1, 0.15) is 12.3 Å². The number of piperazine rings is 1. The Hall–Kier alpha value is -2.50. The molecule has 0 spiro atoms. The highest BCUT2D eigenvalue weighted by atomic mass is 35.6. The van der Waals surface area contributed by atoms with Crippen LogP contribution in [0.25, 0.3) is 10.9 Å². The minimum atomic E-state index is -1.64. The number of aromatic nitrogens is 1. The Bertz CT molecular complexity index is 1480. The van der Waals surface area contributed by atoms with Crippen LogP contribution in [-0.4, -0.2) is 76.3 Å². The number of fused-ring (bicyclic) bond motifs is 1. The summed E-state index contributed by atoms with van der Waals surface area (Å²) in [7, 11) is 3.51. The second-order valence-corrected chi connectivity index (χ2v) is 14.6. The molecule has 0 atom stereocenters. The molecule has 1 saturated heterocycles. The fourth-order valence-electron chi connectivity index (χ4n) is 5.16. The number of alkyl halides is 3. The van der Waals surface area contributed by atoms with Crippen molar-refractivity contribution in [1.82, 2.24) is 14.4 Å². The lowest BCUT2D eigenvalue weighted by Crippen LogP contribution is -2.48. The lowest BCUT2D eigenvalue weighted by atomic mass is 9.86. The Labute approximate surface area is 272 Å². The lowest BCUT2D eigenvalue weighted by molar-refractivity contribution is 0.0758. The van der Waals surface area contributed by atoms with Gasteiger partial charge in [-0.15, -0.1) is 0 Å². The molecule has 0 unspecified atom stereocenters. The quantitative estimate of drug-likeness (QED) is 0.196. The van der Waals surface area contributed by atoms with Gasteiger partial charge in [-0.05, 0) is 34.7 Å². The number of carbonyl (C=O) groups is 2. The number of aryl methyl sites for hydroxylation is 1. The predicted molar refractivity (Wildman–Crippen MR) is 178 cm³/mol. The van der Waals surface area contributed by atoms with E-state index in [9.17, 15) is 9.59 Å². The zero-order valence-electron chi connectivity index (χ0n) is 25.2. The molecule has 13 heteroatoms. The zero-order valence-corrected chi connectivity index (χ0v) is 28.3. The SMILES string of the molecule is COc1c(NSC)cc(C(C)(C)C)cc1NC(=O)c1cc2cccc(CN3CCN(C(=O)OCC(Cl)(Cl)Cl)CC3)c2n1C. The van der Waals surface area contributed by atoms with Crippen molar-refractivity contribution >= 4 is 81.0 Å². The number of methoxy groups -OCH3 is 1. The van der Waals surface area contributed by atoms with E-state index in [1.165, 1.54) is 11.9 Å². The van der Waals surface area contributed by atoms with Gasteiger partial charge >= 0.3 is 6.09 Å². The van der Waals surface area contributed by atoms with Gasteiger partial charge in [-0.25, -0.2) is 4.79 Å². The Balaban J connectivity index is 1.53. The zero-order chi connectivity index (χ0) is 31.5. The number of rotatable bonds is 8. The van der Waals surface area contributed by atoms with Crippen LogP contribution < -0.4 is 14.8 Å². The molecule has 3 aromatic rings. The largest absolute Gasteiger partial charge is 0.492 e. The fraction of sp³-hybridized carbons (Fsp3) is 0.467. The molecule has 0 bridgehead atoms. The Morgan fingerprint density at radius 2 is 1.70 bits per heavy atom. The van der Waals surface area contributed by atoms with Crippen LogP contribution in [0, 0.1) is 0 Å². The molecule has 9 nitrogen and oxygen atoms in total. The third-order valence-electron chi connectivity index (χ3n) is 7.38. The van der Waals surface area contributed by atoms with Crippen LogP contribution in [0.2, 0.25) is 0 Å². The number of benzene rings is 2. The van der Waals surface area contributed by atoms with Gasteiger partial charge in [0, 0.05) is 51.4 Å². The fourth-order valence-corrected chi connectivity index (χ4v) is 5.69. The summed E-state index contributed by atoms with van der Waals surface area (Å²) in [5.41, 5.74) is 4.95. The minimum absolute atomic E-state index is 0.134. The van der Waals surface area contributed by atoms with Crippen LogP contribution in [0.5, 0.6) is 5.75 Å². The third-order valence-corrected chi connectivity index (χ3v) is 8.13. The number of nitrogens with one attached hydrogen (secondary N) is 2. The van der Waals surface area contributed by atoms with Gasteiger partial charge in [-0.3, -0.25) is 9.69 Å². The molecule has 1 aromatic heterocycles. The summed E-state index contributed by atoms with van der Waals surface area (Å²) >= 11 is 18.6. The average molecular weight is 671 g/mol. The van der Waals surface area contributed by atoms with Gasteiger partial charge < -0.3 is 29.0 Å². The van der Waals surface area contributed by atoms with Crippen molar-refractivity contribution in [3.05, 3.63) is 53.2 Å².